The molecule has 29 heavy (non-hydrogen) atoms. The number of carbonyl (C=O) groups is 1. The number of H-pyrrole nitrogens is 3. The fourth-order valence-corrected chi connectivity index (χ4v) is 3.54. The van der Waals surface area contributed by atoms with Crippen LogP contribution in [0.3, 0.4) is 0 Å². The van der Waals surface area contributed by atoms with E-state index in [1.807, 2.05) is 61.7 Å². The quantitative estimate of drug-likeness (QED) is 0.278. The van der Waals surface area contributed by atoms with Crippen molar-refractivity contribution in [2.24, 2.45) is 5.10 Å². The van der Waals surface area contributed by atoms with Gasteiger partial charge in [0.05, 0.1) is 11.9 Å². The first-order valence-electron chi connectivity index (χ1n) is 9.23. The summed E-state index contributed by atoms with van der Waals surface area (Å²) < 4.78 is 0. The van der Waals surface area contributed by atoms with E-state index in [2.05, 4.69) is 30.7 Å². The van der Waals surface area contributed by atoms with Gasteiger partial charge in [-0.15, -0.1) is 0 Å². The molecule has 3 aromatic heterocycles. The molecule has 0 aliphatic heterocycles. The number of aryl methyl sites for hydroxylation is 1. The predicted octanol–water partition coefficient (Wildman–Crippen LogP) is 4.11. The van der Waals surface area contributed by atoms with Gasteiger partial charge in [-0.1, -0.05) is 36.4 Å². The summed E-state index contributed by atoms with van der Waals surface area (Å²) in [5.41, 5.74) is 8.55. The third-order valence-electron chi connectivity index (χ3n) is 4.99. The normalized spacial score (nSPS) is 11.6. The van der Waals surface area contributed by atoms with Gasteiger partial charge in [0, 0.05) is 44.8 Å². The summed E-state index contributed by atoms with van der Waals surface area (Å²) in [7, 11) is 0. The first-order valence-corrected chi connectivity index (χ1v) is 9.23. The Kier molecular flexibility index (Phi) is 3.98. The molecule has 0 saturated heterocycles. The van der Waals surface area contributed by atoms with Crippen molar-refractivity contribution in [3.8, 4) is 11.3 Å². The lowest BCUT2D eigenvalue weighted by Crippen LogP contribution is -2.18. The van der Waals surface area contributed by atoms with Crippen LogP contribution in [0.1, 0.15) is 21.7 Å². The largest absolute Gasteiger partial charge is 0.360 e. The van der Waals surface area contributed by atoms with E-state index in [0.717, 1.165) is 38.6 Å². The Hall–Kier alpha value is -4.13. The number of nitrogens with zero attached hydrogens (tertiary/aromatic N) is 2. The summed E-state index contributed by atoms with van der Waals surface area (Å²) in [5.74, 6) is -0.350. The maximum Gasteiger partial charge on any atom is 0.289 e. The Balaban J connectivity index is 1.35. The number of aromatic amines is 3. The molecule has 0 atom stereocenters. The second kappa shape index (κ2) is 6.79. The van der Waals surface area contributed by atoms with Gasteiger partial charge in [-0.05, 0) is 25.1 Å². The number of hydrogen-bond acceptors (Lipinski definition) is 3. The van der Waals surface area contributed by atoms with Crippen LogP contribution in [-0.4, -0.2) is 32.3 Å². The molecule has 5 rings (SSSR count). The average Bonchev–Trinajstić information content (AvgIpc) is 3.45. The van der Waals surface area contributed by atoms with E-state index in [-0.39, 0.29) is 5.91 Å². The molecule has 0 aliphatic rings. The van der Waals surface area contributed by atoms with Crippen LogP contribution in [0.2, 0.25) is 0 Å². The molecule has 3 heterocycles. The van der Waals surface area contributed by atoms with Crippen LogP contribution in [0.25, 0.3) is 33.1 Å². The van der Waals surface area contributed by atoms with Crippen molar-refractivity contribution in [1.82, 2.24) is 25.6 Å². The van der Waals surface area contributed by atoms with Crippen LogP contribution in [0.4, 0.5) is 0 Å². The zero-order valence-electron chi connectivity index (χ0n) is 15.7. The maximum atomic E-state index is 12.5. The van der Waals surface area contributed by atoms with Crippen LogP contribution in [0.15, 0.2) is 65.9 Å². The smallest absolute Gasteiger partial charge is 0.289 e. The number of benzene rings is 2. The summed E-state index contributed by atoms with van der Waals surface area (Å²) in [6.45, 7) is 1.98. The van der Waals surface area contributed by atoms with Crippen LogP contribution >= 0.6 is 0 Å². The van der Waals surface area contributed by atoms with Crippen molar-refractivity contribution in [3.05, 3.63) is 77.7 Å². The lowest BCUT2D eigenvalue weighted by Gasteiger charge is -1.96. The lowest BCUT2D eigenvalue weighted by molar-refractivity contribution is 0.0950. The molecule has 0 spiro atoms. The van der Waals surface area contributed by atoms with E-state index < -0.39 is 0 Å². The van der Waals surface area contributed by atoms with Gasteiger partial charge in [-0.2, -0.15) is 10.2 Å². The minimum absolute atomic E-state index is 0.345. The van der Waals surface area contributed by atoms with Gasteiger partial charge in [0.1, 0.15) is 5.69 Å². The van der Waals surface area contributed by atoms with Crippen LogP contribution in [0, 0.1) is 6.92 Å². The number of amides is 1. The van der Waals surface area contributed by atoms with Gasteiger partial charge < -0.3 is 9.97 Å². The minimum atomic E-state index is -0.350. The van der Waals surface area contributed by atoms with E-state index in [9.17, 15) is 4.79 Å². The van der Waals surface area contributed by atoms with E-state index in [1.54, 1.807) is 12.3 Å². The molecule has 0 bridgehead atoms. The fraction of sp³-hybridized carbons (Fsp3) is 0.0455. The third kappa shape index (κ3) is 2.98. The van der Waals surface area contributed by atoms with E-state index in [0.29, 0.717) is 11.4 Å². The Morgan fingerprint density at radius 1 is 1.07 bits per heavy atom. The number of rotatable bonds is 4. The second-order valence-corrected chi connectivity index (χ2v) is 6.82. The summed E-state index contributed by atoms with van der Waals surface area (Å²) in [5, 5.41) is 13.3. The lowest BCUT2D eigenvalue weighted by atomic mass is 10.1. The second-order valence-electron chi connectivity index (χ2n) is 6.82. The Bertz CT molecular complexity index is 1370. The number of nitrogens with one attached hydrogen (secondary N) is 4. The topological polar surface area (TPSA) is 102 Å². The van der Waals surface area contributed by atoms with Gasteiger partial charge in [-0.3, -0.25) is 9.89 Å². The molecule has 4 N–H and O–H groups in total. The maximum absolute atomic E-state index is 12.5. The average molecular weight is 382 g/mol. The van der Waals surface area contributed by atoms with Gasteiger partial charge in [-0.25, -0.2) is 5.43 Å². The van der Waals surface area contributed by atoms with E-state index >= 15 is 0 Å². The molecule has 0 fully saturated rings. The summed E-state index contributed by atoms with van der Waals surface area (Å²) in [4.78, 5) is 19.0. The SMILES string of the molecule is Cc1[nH]c2ccccc2c1/C=N/NC(=O)c1cc(-c2c[nH]c3ccccc23)n[nH]1. The van der Waals surface area contributed by atoms with Gasteiger partial charge >= 0.3 is 0 Å². The molecular weight excluding hydrogens is 364 g/mol. The third-order valence-corrected chi connectivity index (χ3v) is 4.99. The highest BCUT2D eigenvalue weighted by molar-refractivity contribution is 6.02. The first-order chi connectivity index (χ1) is 14.2. The van der Waals surface area contributed by atoms with Crippen LogP contribution in [-0.2, 0) is 0 Å². The Morgan fingerprint density at radius 2 is 1.83 bits per heavy atom. The molecule has 7 heteroatoms. The summed E-state index contributed by atoms with van der Waals surface area (Å²) in [6.07, 6.45) is 3.55. The molecule has 0 radical (unpaired) electrons. The minimum Gasteiger partial charge on any atom is -0.360 e. The first kappa shape index (κ1) is 17.0. The van der Waals surface area contributed by atoms with Crippen LogP contribution < -0.4 is 5.43 Å². The van der Waals surface area contributed by atoms with Crippen LogP contribution in [0.5, 0.6) is 0 Å². The molecule has 2 aromatic carbocycles. The van der Waals surface area contributed by atoms with E-state index in [1.165, 1.54) is 0 Å². The number of carbonyl (C=O) groups excluding carboxylic acids is 1. The number of aromatic nitrogens is 4. The zero-order chi connectivity index (χ0) is 19.8. The standard InChI is InChI=1S/C22H18N6O/c1-13-16(14-6-3-5-9-19(14)25-13)12-24-28-22(29)21-10-20(26-27-21)17-11-23-18-8-4-2-7-15(17)18/h2-12,23,25H,1H3,(H,26,27)(H,28,29)/b24-12+. The Morgan fingerprint density at radius 3 is 2.69 bits per heavy atom. The molecule has 0 saturated carbocycles. The zero-order valence-corrected chi connectivity index (χ0v) is 15.7. The monoisotopic (exact) mass is 382 g/mol. The van der Waals surface area contributed by atoms with Crippen molar-refractivity contribution in [2.75, 3.05) is 0 Å². The summed E-state index contributed by atoms with van der Waals surface area (Å²) in [6, 6.07) is 17.7. The van der Waals surface area contributed by atoms with Crippen molar-refractivity contribution in [1.29, 1.82) is 0 Å². The highest BCUT2D eigenvalue weighted by Crippen LogP contribution is 2.27. The highest BCUT2D eigenvalue weighted by atomic mass is 16.2. The number of fused-ring (bicyclic) bond motifs is 2. The van der Waals surface area contributed by atoms with Gasteiger partial charge in [0.25, 0.3) is 5.91 Å². The Labute approximate surface area is 165 Å². The van der Waals surface area contributed by atoms with E-state index in [4.69, 9.17) is 0 Å². The fourth-order valence-electron chi connectivity index (χ4n) is 3.54. The van der Waals surface area contributed by atoms with Gasteiger partial charge in [0.15, 0.2) is 0 Å². The number of hydrogen-bond donors (Lipinski definition) is 4. The molecule has 0 aliphatic carbocycles. The van der Waals surface area contributed by atoms with Gasteiger partial charge in [0.2, 0.25) is 0 Å². The molecular formula is C22H18N6O. The van der Waals surface area contributed by atoms with Crippen molar-refractivity contribution in [2.45, 2.75) is 6.92 Å². The molecule has 142 valence electrons. The summed E-state index contributed by atoms with van der Waals surface area (Å²) >= 11 is 0. The molecule has 7 nitrogen and oxygen atoms in total. The molecule has 1 amide bonds. The molecule has 5 aromatic rings. The number of hydrazone groups is 1. The predicted molar refractivity (Wildman–Crippen MR) is 114 cm³/mol. The molecule has 0 unspecified atom stereocenters. The highest BCUT2D eigenvalue weighted by Gasteiger charge is 2.13. The van der Waals surface area contributed by atoms with Crippen molar-refractivity contribution >= 4 is 33.9 Å². The number of para-hydroxylation sites is 2. The van der Waals surface area contributed by atoms with Crippen molar-refractivity contribution < 1.29 is 4.79 Å². The van der Waals surface area contributed by atoms with Crippen molar-refractivity contribution in [3.63, 3.8) is 0 Å².